The molecule has 1 fully saturated rings. The zero-order chi connectivity index (χ0) is 11.8. The number of hydrogen-bond acceptors (Lipinski definition) is 3. The molecular weight excluding hydrogens is 218 g/mol. The van der Waals surface area contributed by atoms with Gasteiger partial charge in [-0.1, -0.05) is 12.1 Å². The van der Waals surface area contributed by atoms with E-state index in [1.807, 2.05) is 12.1 Å². The third kappa shape index (κ3) is 1.59. The lowest BCUT2D eigenvalue weighted by atomic mass is 9.99. The van der Waals surface area contributed by atoms with Crippen molar-refractivity contribution in [2.24, 2.45) is 0 Å². The molecule has 1 aromatic rings. The van der Waals surface area contributed by atoms with Crippen LogP contribution in [0.15, 0.2) is 18.2 Å². The van der Waals surface area contributed by atoms with Gasteiger partial charge in [-0.25, -0.2) is 9.69 Å². The van der Waals surface area contributed by atoms with Gasteiger partial charge in [0, 0.05) is 6.54 Å². The summed E-state index contributed by atoms with van der Waals surface area (Å²) >= 11 is 0. The van der Waals surface area contributed by atoms with Crippen molar-refractivity contribution in [1.29, 1.82) is 0 Å². The van der Waals surface area contributed by atoms with Gasteiger partial charge in [0.15, 0.2) is 0 Å². The molecule has 0 aliphatic carbocycles. The van der Waals surface area contributed by atoms with Gasteiger partial charge in [0.05, 0.1) is 12.2 Å². The van der Waals surface area contributed by atoms with E-state index >= 15 is 0 Å². The van der Waals surface area contributed by atoms with Crippen LogP contribution in [-0.2, 0) is 17.8 Å². The number of urea groups is 1. The topological polar surface area (TPSA) is 61.4 Å². The fourth-order valence-electron chi connectivity index (χ4n) is 2.37. The lowest BCUT2D eigenvalue weighted by molar-refractivity contribution is -0.115. The van der Waals surface area contributed by atoms with Gasteiger partial charge >= 0.3 is 6.03 Å². The fourth-order valence-corrected chi connectivity index (χ4v) is 2.37. The highest BCUT2D eigenvalue weighted by Crippen LogP contribution is 2.27. The Morgan fingerprint density at radius 2 is 2.06 bits per heavy atom. The van der Waals surface area contributed by atoms with Crippen molar-refractivity contribution < 1.29 is 9.59 Å². The van der Waals surface area contributed by atoms with Crippen LogP contribution in [0.5, 0.6) is 0 Å². The van der Waals surface area contributed by atoms with E-state index in [2.05, 4.69) is 16.7 Å². The van der Waals surface area contributed by atoms with Gasteiger partial charge < -0.3 is 10.6 Å². The van der Waals surface area contributed by atoms with E-state index in [9.17, 15) is 9.59 Å². The minimum atomic E-state index is -0.325. The van der Waals surface area contributed by atoms with Crippen molar-refractivity contribution in [2.75, 3.05) is 18.0 Å². The van der Waals surface area contributed by atoms with Crippen LogP contribution in [-0.4, -0.2) is 25.0 Å². The summed E-state index contributed by atoms with van der Waals surface area (Å²) in [5.74, 6) is -0.186. The van der Waals surface area contributed by atoms with Crippen LogP contribution in [0.2, 0.25) is 0 Å². The SMILES string of the molecule is O=C1CNC(=O)N1c1cccc2c1CNCC2. The number of hydrogen-bond donors (Lipinski definition) is 2. The summed E-state index contributed by atoms with van der Waals surface area (Å²) in [5.41, 5.74) is 2.99. The van der Waals surface area contributed by atoms with Crippen molar-refractivity contribution in [1.82, 2.24) is 10.6 Å². The highest BCUT2D eigenvalue weighted by Gasteiger charge is 2.32. The quantitative estimate of drug-likeness (QED) is 0.687. The molecule has 2 aliphatic rings. The smallest absolute Gasteiger partial charge is 0.328 e. The van der Waals surface area contributed by atoms with E-state index in [-0.39, 0.29) is 18.5 Å². The molecule has 0 atom stereocenters. The molecule has 5 nitrogen and oxygen atoms in total. The number of amides is 3. The molecule has 3 rings (SSSR count). The van der Waals surface area contributed by atoms with E-state index in [0.29, 0.717) is 6.54 Å². The number of benzene rings is 1. The third-order valence-corrected chi connectivity index (χ3v) is 3.21. The zero-order valence-corrected chi connectivity index (χ0v) is 9.32. The maximum Gasteiger partial charge on any atom is 0.329 e. The van der Waals surface area contributed by atoms with Crippen LogP contribution in [0.25, 0.3) is 0 Å². The first-order chi connectivity index (χ1) is 8.27. The summed E-state index contributed by atoms with van der Waals surface area (Å²) in [6.07, 6.45) is 0.937. The van der Waals surface area contributed by atoms with Crippen molar-refractivity contribution in [3.8, 4) is 0 Å². The third-order valence-electron chi connectivity index (χ3n) is 3.21. The highest BCUT2D eigenvalue weighted by atomic mass is 16.2. The maximum atomic E-state index is 11.7. The maximum absolute atomic E-state index is 11.7. The monoisotopic (exact) mass is 231 g/mol. The molecule has 17 heavy (non-hydrogen) atoms. The number of nitrogens with zero attached hydrogens (tertiary/aromatic N) is 1. The van der Waals surface area contributed by atoms with E-state index in [0.717, 1.165) is 24.2 Å². The lowest BCUT2D eigenvalue weighted by Crippen LogP contribution is -2.34. The lowest BCUT2D eigenvalue weighted by Gasteiger charge is -2.23. The van der Waals surface area contributed by atoms with E-state index in [1.165, 1.54) is 10.5 Å². The van der Waals surface area contributed by atoms with Crippen LogP contribution in [0.1, 0.15) is 11.1 Å². The summed E-state index contributed by atoms with van der Waals surface area (Å²) in [5, 5.41) is 5.81. The number of fused-ring (bicyclic) bond motifs is 1. The number of rotatable bonds is 1. The van der Waals surface area contributed by atoms with Crippen LogP contribution in [0.4, 0.5) is 10.5 Å². The van der Waals surface area contributed by atoms with E-state index in [1.54, 1.807) is 0 Å². The molecule has 0 saturated carbocycles. The largest absolute Gasteiger partial charge is 0.329 e. The average Bonchev–Trinajstić information content (AvgIpc) is 2.69. The normalized spacial score (nSPS) is 19.2. The molecule has 0 unspecified atom stereocenters. The van der Waals surface area contributed by atoms with Crippen molar-refractivity contribution in [3.05, 3.63) is 29.3 Å². The predicted octanol–water partition coefficient (Wildman–Crippen LogP) is 0.389. The Morgan fingerprint density at radius 1 is 1.18 bits per heavy atom. The van der Waals surface area contributed by atoms with Crippen molar-refractivity contribution >= 4 is 17.6 Å². The Kier molecular flexibility index (Phi) is 2.33. The molecule has 0 aromatic heterocycles. The van der Waals surface area contributed by atoms with Crippen LogP contribution in [0.3, 0.4) is 0 Å². The molecule has 2 aliphatic heterocycles. The number of carbonyl (C=O) groups excluding carboxylic acids is 2. The molecule has 1 aromatic carbocycles. The predicted molar refractivity (Wildman–Crippen MR) is 62.7 cm³/mol. The minimum absolute atomic E-state index is 0.0932. The van der Waals surface area contributed by atoms with Gasteiger partial charge in [-0.3, -0.25) is 4.79 Å². The van der Waals surface area contributed by atoms with Gasteiger partial charge in [0.25, 0.3) is 5.91 Å². The minimum Gasteiger partial charge on any atom is -0.328 e. The summed E-state index contributed by atoms with van der Waals surface area (Å²) in [6, 6.07) is 5.46. The Hall–Kier alpha value is -1.88. The molecule has 0 radical (unpaired) electrons. The van der Waals surface area contributed by atoms with Crippen LogP contribution in [0, 0.1) is 0 Å². The second-order valence-corrected chi connectivity index (χ2v) is 4.23. The molecule has 1 saturated heterocycles. The Balaban J connectivity index is 2.08. The number of imide groups is 1. The molecular formula is C12H13N3O2. The summed E-state index contributed by atoms with van der Waals surface area (Å²) in [7, 11) is 0. The fraction of sp³-hybridized carbons (Fsp3) is 0.333. The molecule has 0 spiro atoms. The van der Waals surface area contributed by atoms with Crippen LogP contribution >= 0.6 is 0 Å². The second-order valence-electron chi connectivity index (χ2n) is 4.23. The van der Waals surface area contributed by atoms with Gasteiger partial charge in [-0.2, -0.15) is 0 Å². The Morgan fingerprint density at radius 3 is 2.82 bits per heavy atom. The van der Waals surface area contributed by atoms with Gasteiger partial charge in [-0.05, 0) is 30.2 Å². The van der Waals surface area contributed by atoms with Crippen LogP contribution < -0.4 is 15.5 Å². The Labute approximate surface area is 98.8 Å². The summed E-state index contributed by atoms with van der Waals surface area (Å²) in [6.45, 7) is 1.75. The summed E-state index contributed by atoms with van der Waals surface area (Å²) < 4.78 is 0. The van der Waals surface area contributed by atoms with Crippen molar-refractivity contribution in [3.63, 3.8) is 0 Å². The number of anilines is 1. The van der Waals surface area contributed by atoms with Gasteiger partial charge in [0.1, 0.15) is 0 Å². The van der Waals surface area contributed by atoms with E-state index < -0.39 is 0 Å². The number of nitrogens with one attached hydrogen (secondary N) is 2. The molecule has 2 heterocycles. The molecule has 2 N–H and O–H groups in total. The van der Waals surface area contributed by atoms with Gasteiger partial charge in [0.2, 0.25) is 0 Å². The van der Waals surface area contributed by atoms with Crippen molar-refractivity contribution in [2.45, 2.75) is 13.0 Å². The van der Waals surface area contributed by atoms with Gasteiger partial charge in [-0.15, -0.1) is 0 Å². The first kappa shape index (κ1) is 10.3. The highest BCUT2D eigenvalue weighted by molar-refractivity contribution is 6.20. The second kappa shape index (κ2) is 3.85. The molecule has 0 bridgehead atoms. The Bertz CT molecular complexity index is 483. The average molecular weight is 231 g/mol. The number of carbonyl (C=O) groups is 2. The summed E-state index contributed by atoms with van der Waals surface area (Å²) in [4.78, 5) is 24.6. The van der Waals surface area contributed by atoms with E-state index in [4.69, 9.17) is 0 Å². The first-order valence-electron chi connectivity index (χ1n) is 5.69. The molecule has 3 amide bonds. The standard InChI is InChI=1S/C12H13N3O2/c16-11-7-14-12(17)15(11)10-3-1-2-8-4-5-13-6-9(8)10/h1-3,13H,4-7H2,(H,14,17). The molecule has 88 valence electrons. The first-order valence-corrected chi connectivity index (χ1v) is 5.69. The zero-order valence-electron chi connectivity index (χ0n) is 9.32. The molecule has 5 heteroatoms.